The van der Waals surface area contributed by atoms with E-state index in [9.17, 15) is 0 Å². The molecule has 1 nitrogen and oxygen atoms in total. The number of hydrogen-bond donors (Lipinski definition) is 1. The van der Waals surface area contributed by atoms with Crippen molar-refractivity contribution in [1.29, 1.82) is 0 Å². The van der Waals surface area contributed by atoms with Gasteiger partial charge in [0.2, 0.25) is 0 Å². The van der Waals surface area contributed by atoms with Crippen LogP contribution in [0.15, 0.2) is 18.2 Å². The fourth-order valence-corrected chi connectivity index (χ4v) is 2.62. The molecule has 0 aromatic heterocycles. The van der Waals surface area contributed by atoms with Gasteiger partial charge in [0, 0.05) is 6.04 Å². The summed E-state index contributed by atoms with van der Waals surface area (Å²) in [7, 11) is 0. The van der Waals surface area contributed by atoms with Gasteiger partial charge in [0.05, 0.1) is 10.7 Å². The molecule has 88 valence electrons. The van der Waals surface area contributed by atoms with Crippen LogP contribution >= 0.6 is 11.6 Å². The van der Waals surface area contributed by atoms with Gasteiger partial charge < -0.3 is 5.32 Å². The Hall–Kier alpha value is -0.690. The van der Waals surface area contributed by atoms with Gasteiger partial charge in [-0.1, -0.05) is 43.0 Å². The molecule has 1 atom stereocenters. The minimum absolute atomic E-state index is 0.517. The van der Waals surface area contributed by atoms with Crippen molar-refractivity contribution < 1.29 is 0 Å². The Bertz CT molecular complexity index is 338. The fourth-order valence-electron chi connectivity index (χ4n) is 2.35. The van der Waals surface area contributed by atoms with Crippen molar-refractivity contribution >= 4 is 17.3 Å². The van der Waals surface area contributed by atoms with E-state index in [0.717, 1.165) is 16.6 Å². The molecule has 1 aromatic rings. The minimum Gasteiger partial charge on any atom is -0.381 e. The van der Waals surface area contributed by atoms with Crippen molar-refractivity contribution in [2.24, 2.45) is 5.92 Å². The Balaban J connectivity index is 1.96. The lowest BCUT2D eigenvalue weighted by atomic mass is 9.81. The van der Waals surface area contributed by atoms with Crippen molar-refractivity contribution in [3.8, 4) is 0 Å². The van der Waals surface area contributed by atoms with E-state index in [4.69, 9.17) is 11.6 Å². The second-order valence-corrected chi connectivity index (χ2v) is 5.42. The van der Waals surface area contributed by atoms with Crippen molar-refractivity contribution in [3.63, 3.8) is 0 Å². The number of hydrogen-bond acceptors (Lipinski definition) is 1. The van der Waals surface area contributed by atoms with E-state index in [-0.39, 0.29) is 0 Å². The van der Waals surface area contributed by atoms with Crippen LogP contribution in [0.1, 0.15) is 38.2 Å². The van der Waals surface area contributed by atoms with Gasteiger partial charge in [-0.2, -0.15) is 0 Å². The minimum atomic E-state index is 0.517. The van der Waals surface area contributed by atoms with Crippen LogP contribution in [0.5, 0.6) is 0 Å². The lowest BCUT2D eigenvalue weighted by Crippen LogP contribution is -2.23. The third-order valence-electron chi connectivity index (χ3n) is 3.52. The molecule has 1 aliphatic carbocycles. The summed E-state index contributed by atoms with van der Waals surface area (Å²) in [6.45, 7) is 4.35. The maximum absolute atomic E-state index is 6.20. The van der Waals surface area contributed by atoms with Gasteiger partial charge in [0.15, 0.2) is 0 Å². The quantitative estimate of drug-likeness (QED) is 0.805. The second-order valence-electron chi connectivity index (χ2n) is 5.01. The summed E-state index contributed by atoms with van der Waals surface area (Å²) in [5.41, 5.74) is 2.34. The monoisotopic (exact) mass is 237 g/mol. The zero-order chi connectivity index (χ0) is 11.5. The van der Waals surface area contributed by atoms with E-state index in [1.165, 1.54) is 31.2 Å². The fraction of sp³-hybridized carbons (Fsp3) is 0.571. The predicted molar refractivity (Wildman–Crippen MR) is 71.2 cm³/mol. The molecule has 2 rings (SSSR count). The molecule has 0 radical (unpaired) electrons. The van der Waals surface area contributed by atoms with Crippen LogP contribution in [0.25, 0.3) is 0 Å². The number of rotatable bonds is 4. The molecule has 1 fully saturated rings. The summed E-state index contributed by atoms with van der Waals surface area (Å²) in [4.78, 5) is 0. The molecule has 1 aliphatic rings. The van der Waals surface area contributed by atoms with E-state index in [1.54, 1.807) is 0 Å². The highest BCUT2D eigenvalue weighted by Crippen LogP contribution is 2.32. The first-order valence-electron chi connectivity index (χ1n) is 6.18. The molecule has 1 aromatic carbocycles. The number of aryl methyl sites for hydroxylation is 1. The van der Waals surface area contributed by atoms with Crippen LogP contribution in [0.4, 0.5) is 5.69 Å². The van der Waals surface area contributed by atoms with Gasteiger partial charge in [-0.25, -0.2) is 0 Å². The molecule has 1 saturated carbocycles. The van der Waals surface area contributed by atoms with Crippen molar-refractivity contribution in [1.82, 2.24) is 0 Å². The van der Waals surface area contributed by atoms with Gasteiger partial charge in [-0.3, -0.25) is 0 Å². The highest BCUT2D eigenvalue weighted by atomic mass is 35.5. The van der Waals surface area contributed by atoms with E-state index < -0.39 is 0 Å². The Morgan fingerprint density at radius 2 is 2.19 bits per heavy atom. The first-order chi connectivity index (χ1) is 7.66. The average molecular weight is 238 g/mol. The number of halogens is 1. The summed E-state index contributed by atoms with van der Waals surface area (Å²) < 4.78 is 0. The Kier molecular flexibility index (Phi) is 3.75. The average Bonchev–Trinajstić information content (AvgIpc) is 2.18. The molecule has 0 amide bonds. The van der Waals surface area contributed by atoms with Gasteiger partial charge >= 0.3 is 0 Å². The highest BCUT2D eigenvalue weighted by Gasteiger charge is 2.20. The molecule has 1 N–H and O–H groups in total. The zero-order valence-electron chi connectivity index (χ0n) is 10.1. The number of para-hydroxylation sites is 1. The normalized spacial score (nSPS) is 17.9. The maximum Gasteiger partial charge on any atom is 0.0640 e. The first-order valence-corrected chi connectivity index (χ1v) is 6.56. The summed E-state index contributed by atoms with van der Waals surface area (Å²) in [5, 5.41) is 4.38. The molecular formula is C14H20ClN. The SMILES string of the molecule is Cc1cccc(Cl)c1NC(C)CC1CCC1. The predicted octanol–water partition coefficient (Wildman–Crippen LogP) is 4.64. The Morgan fingerprint density at radius 3 is 2.75 bits per heavy atom. The molecule has 0 saturated heterocycles. The molecule has 16 heavy (non-hydrogen) atoms. The molecular weight excluding hydrogens is 218 g/mol. The van der Waals surface area contributed by atoms with Crippen LogP contribution in [-0.2, 0) is 0 Å². The van der Waals surface area contributed by atoms with Gasteiger partial charge in [-0.15, -0.1) is 0 Å². The van der Waals surface area contributed by atoms with Crippen LogP contribution in [0, 0.1) is 12.8 Å². The third-order valence-corrected chi connectivity index (χ3v) is 3.84. The number of benzene rings is 1. The zero-order valence-corrected chi connectivity index (χ0v) is 10.8. The number of nitrogens with one attached hydrogen (secondary N) is 1. The summed E-state index contributed by atoms with van der Waals surface area (Å²) in [6, 6.07) is 6.57. The largest absolute Gasteiger partial charge is 0.381 e. The highest BCUT2D eigenvalue weighted by molar-refractivity contribution is 6.33. The lowest BCUT2D eigenvalue weighted by molar-refractivity contribution is 0.286. The van der Waals surface area contributed by atoms with Crippen molar-refractivity contribution in [3.05, 3.63) is 28.8 Å². The second kappa shape index (κ2) is 5.09. The lowest BCUT2D eigenvalue weighted by Gasteiger charge is -2.29. The Morgan fingerprint density at radius 1 is 1.44 bits per heavy atom. The molecule has 0 bridgehead atoms. The van der Waals surface area contributed by atoms with Gasteiger partial charge in [0.25, 0.3) is 0 Å². The summed E-state index contributed by atoms with van der Waals surface area (Å²) in [6.07, 6.45) is 5.51. The summed E-state index contributed by atoms with van der Waals surface area (Å²) >= 11 is 6.20. The smallest absolute Gasteiger partial charge is 0.0640 e. The van der Waals surface area contributed by atoms with Crippen LogP contribution in [0.3, 0.4) is 0 Å². The Labute approximate surface area is 103 Å². The standard InChI is InChI=1S/C14H20ClN/c1-10-5-3-8-13(15)14(10)16-11(2)9-12-6-4-7-12/h3,5,8,11-12,16H,4,6-7,9H2,1-2H3. The van der Waals surface area contributed by atoms with E-state index in [0.29, 0.717) is 6.04 Å². The molecule has 2 heteroatoms. The molecule has 1 unspecified atom stereocenters. The van der Waals surface area contributed by atoms with E-state index >= 15 is 0 Å². The molecule has 0 aliphatic heterocycles. The van der Waals surface area contributed by atoms with Gasteiger partial charge in [0.1, 0.15) is 0 Å². The molecule has 0 spiro atoms. The van der Waals surface area contributed by atoms with Crippen LogP contribution in [-0.4, -0.2) is 6.04 Å². The molecule has 0 heterocycles. The number of anilines is 1. The van der Waals surface area contributed by atoms with Crippen LogP contribution in [0.2, 0.25) is 5.02 Å². The maximum atomic E-state index is 6.20. The van der Waals surface area contributed by atoms with E-state index in [1.807, 2.05) is 12.1 Å². The van der Waals surface area contributed by atoms with Crippen LogP contribution < -0.4 is 5.32 Å². The van der Waals surface area contributed by atoms with Crippen molar-refractivity contribution in [2.45, 2.75) is 45.6 Å². The summed E-state index contributed by atoms with van der Waals surface area (Å²) in [5.74, 6) is 0.935. The third kappa shape index (κ3) is 2.70. The van der Waals surface area contributed by atoms with E-state index in [2.05, 4.69) is 25.2 Å². The first kappa shape index (κ1) is 11.8. The topological polar surface area (TPSA) is 12.0 Å². The van der Waals surface area contributed by atoms with Gasteiger partial charge in [-0.05, 0) is 37.8 Å². The van der Waals surface area contributed by atoms with Crippen molar-refractivity contribution in [2.75, 3.05) is 5.32 Å².